The summed E-state index contributed by atoms with van der Waals surface area (Å²) in [6.45, 7) is 6.49. The quantitative estimate of drug-likeness (QED) is 0.0844. The Morgan fingerprint density at radius 1 is 1.21 bits per heavy atom. The van der Waals surface area contributed by atoms with Gasteiger partial charge in [0.15, 0.2) is 0 Å². The number of allylic oxidation sites excluding steroid dienone is 1. The van der Waals surface area contributed by atoms with Gasteiger partial charge in [-0.3, -0.25) is 9.69 Å². The van der Waals surface area contributed by atoms with Crippen LogP contribution in [0.4, 0.5) is 0 Å². The molecule has 3 saturated carbocycles. The lowest BCUT2D eigenvalue weighted by Gasteiger charge is -2.31. The van der Waals surface area contributed by atoms with E-state index in [1.54, 1.807) is 25.4 Å². The van der Waals surface area contributed by atoms with Crippen LogP contribution in [0.25, 0.3) is 21.5 Å². The number of aliphatic hydroxyl groups excluding tert-OH is 1. The molecule has 47 heavy (non-hydrogen) atoms. The number of aromatic nitrogens is 2. The first-order valence-electron chi connectivity index (χ1n) is 16.8. The normalized spacial score (nSPS) is 22.2. The predicted molar refractivity (Wildman–Crippen MR) is 181 cm³/mol. The van der Waals surface area contributed by atoms with E-state index >= 15 is 0 Å². The molecule has 3 aromatic rings. The van der Waals surface area contributed by atoms with Crippen molar-refractivity contribution in [3.63, 3.8) is 0 Å². The van der Waals surface area contributed by atoms with Crippen molar-refractivity contribution in [1.82, 2.24) is 20.2 Å². The molecule has 2 N–H and O–H groups in total. The summed E-state index contributed by atoms with van der Waals surface area (Å²) in [5.41, 5.74) is 0.869. The number of hydrogen-bond donors (Lipinski definition) is 2. The second-order valence-electron chi connectivity index (χ2n) is 13.2. The van der Waals surface area contributed by atoms with E-state index in [0.717, 1.165) is 52.2 Å². The largest absolute Gasteiger partial charge is 0.497 e. The third-order valence-electron chi connectivity index (χ3n) is 9.71. The fourth-order valence-corrected chi connectivity index (χ4v) is 7.48. The maximum Gasteiger partial charge on any atom is 0.331 e. The molecule has 3 fully saturated rings. The van der Waals surface area contributed by atoms with E-state index < -0.39 is 29.6 Å². The highest BCUT2D eigenvalue weighted by Gasteiger charge is 2.55. The number of esters is 1. The third kappa shape index (κ3) is 7.47. The lowest BCUT2D eigenvalue weighted by molar-refractivity contribution is -0.149. The van der Waals surface area contributed by atoms with Crippen molar-refractivity contribution in [1.29, 1.82) is 0 Å². The van der Waals surface area contributed by atoms with E-state index in [0.29, 0.717) is 44.0 Å². The SMILES string of the molecule is C=CCCCCN(C)C(O)[C@@H]1C[C@H](Oc2nc(-c3nc(C4CC4)cs3)cc3cc(OC)ccc23)C[C@H]1C(=O)NC1(C(=O)OCC)CC1. The molecular weight excluding hydrogens is 616 g/mol. The Bertz CT molecular complexity index is 1600. The second-order valence-corrected chi connectivity index (χ2v) is 14.1. The fourth-order valence-electron chi connectivity index (χ4n) is 6.62. The van der Waals surface area contributed by atoms with Crippen LogP contribution in [-0.4, -0.2) is 77.0 Å². The summed E-state index contributed by atoms with van der Waals surface area (Å²) in [5, 5.41) is 19.3. The van der Waals surface area contributed by atoms with Gasteiger partial charge in [-0.25, -0.2) is 14.8 Å². The Kier molecular flexibility index (Phi) is 10.1. The number of pyridine rings is 1. The molecule has 0 saturated heterocycles. The Labute approximate surface area is 280 Å². The number of methoxy groups -OCH3 is 1. The van der Waals surface area contributed by atoms with Gasteiger partial charge in [0.1, 0.15) is 34.3 Å². The second kappa shape index (κ2) is 14.3. The van der Waals surface area contributed by atoms with Gasteiger partial charge in [0.2, 0.25) is 11.8 Å². The minimum absolute atomic E-state index is 0.252. The highest BCUT2D eigenvalue weighted by molar-refractivity contribution is 7.13. The highest BCUT2D eigenvalue weighted by atomic mass is 32.1. The summed E-state index contributed by atoms with van der Waals surface area (Å²) < 4.78 is 17.5. The zero-order valence-corrected chi connectivity index (χ0v) is 28.4. The molecule has 4 atom stereocenters. The number of unbranched alkanes of at least 4 members (excludes halogenated alkanes) is 2. The minimum atomic E-state index is -0.976. The van der Waals surface area contributed by atoms with Crippen molar-refractivity contribution >= 4 is 34.0 Å². The summed E-state index contributed by atoms with van der Waals surface area (Å²) in [7, 11) is 3.53. The van der Waals surface area contributed by atoms with Crippen molar-refractivity contribution in [3.05, 3.63) is 48.0 Å². The summed E-state index contributed by atoms with van der Waals surface area (Å²) in [6.07, 6.45) is 7.72. The van der Waals surface area contributed by atoms with E-state index in [1.807, 2.05) is 42.3 Å². The predicted octanol–water partition coefficient (Wildman–Crippen LogP) is 5.84. The molecule has 1 unspecified atom stereocenters. The number of aliphatic hydroxyl groups is 1. The summed E-state index contributed by atoms with van der Waals surface area (Å²) in [4.78, 5) is 38.3. The Morgan fingerprint density at radius 2 is 2.02 bits per heavy atom. The lowest BCUT2D eigenvalue weighted by Crippen LogP contribution is -2.49. The van der Waals surface area contributed by atoms with Crippen LogP contribution in [0.5, 0.6) is 11.6 Å². The van der Waals surface area contributed by atoms with Crippen LogP contribution in [0, 0.1) is 11.8 Å². The molecule has 3 aliphatic carbocycles. The standard InChI is InChI=1S/C36H46N4O6S/c1-5-7-8-9-16-40(3)34(42)28-20-25(19-27(28)31(41)39-36(14-15-36)35(43)45-6-2)46-32-26-13-12-24(44-4)17-23(26)18-29(37-32)33-38-30(21-47-33)22-10-11-22/h5,12-13,17-18,21-22,25,27-28,34,42H,1,6-11,14-16,19-20H2,2-4H3,(H,39,41)/t25-,27-,28-,34?/m1/s1. The van der Waals surface area contributed by atoms with Gasteiger partial charge in [-0.05, 0) is 101 Å². The van der Waals surface area contributed by atoms with Gasteiger partial charge < -0.3 is 24.6 Å². The first-order chi connectivity index (χ1) is 22.7. The first-order valence-corrected chi connectivity index (χ1v) is 17.7. The van der Waals surface area contributed by atoms with Gasteiger partial charge in [-0.2, -0.15) is 0 Å². The molecule has 0 spiro atoms. The number of nitrogens with one attached hydrogen (secondary N) is 1. The Morgan fingerprint density at radius 3 is 2.72 bits per heavy atom. The lowest BCUT2D eigenvalue weighted by atomic mass is 9.92. The molecule has 1 aromatic carbocycles. The molecule has 2 aromatic heterocycles. The molecule has 0 bridgehead atoms. The van der Waals surface area contributed by atoms with Crippen LogP contribution < -0.4 is 14.8 Å². The number of nitrogens with zero attached hydrogens (tertiary/aromatic N) is 3. The van der Waals surface area contributed by atoms with Crippen LogP contribution in [-0.2, 0) is 14.3 Å². The number of rotatable bonds is 16. The number of hydrogen-bond acceptors (Lipinski definition) is 10. The van der Waals surface area contributed by atoms with Gasteiger partial charge in [0.25, 0.3) is 0 Å². The maximum atomic E-state index is 13.9. The van der Waals surface area contributed by atoms with Gasteiger partial charge in [-0.1, -0.05) is 6.08 Å². The molecule has 11 heteroatoms. The van der Waals surface area contributed by atoms with Crippen LogP contribution in [0.15, 0.2) is 42.3 Å². The zero-order chi connectivity index (χ0) is 33.1. The fraction of sp³-hybridized carbons (Fsp3) is 0.556. The number of ether oxygens (including phenoxy) is 3. The first kappa shape index (κ1) is 33.4. The third-order valence-corrected chi connectivity index (χ3v) is 10.6. The number of fused-ring (bicyclic) bond motifs is 1. The number of amides is 1. The monoisotopic (exact) mass is 662 g/mol. The van der Waals surface area contributed by atoms with Crippen LogP contribution in [0.3, 0.4) is 0 Å². The Hall–Kier alpha value is -3.54. The van der Waals surface area contributed by atoms with Crippen molar-refractivity contribution in [3.8, 4) is 22.3 Å². The van der Waals surface area contributed by atoms with Gasteiger partial charge in [0, 0.05) is 35.1 Å². The van der Waals surface area contributed by atoms with Crippen LogP contribution >= 0.6 is 11.3 Å². The van der Waals surface area contributed by atoms with Crippen molar-refractivity contribution in [2.45, 2.75) is 88.5 Å². The van der Waals surface area contributed by atoms with E-state index in [-0.39, 0.29) is 18.6 Å². The Balaban J connectivity index is 1.26. The number of benzene rings is 1. The minimum Gasteiger partial charge on any atom is -0.497 e. The summed E-state index contributed by atoms with van der Waals surface area (Å²) in [5.74, 6) is 0.114. The van der Waals surface area contributed by atoms with E-state index in [4.69, 9.17) is 24.2 Å². The summed E-state index contributed by atoms with van der Waals surface area (Å²) >= 11 is 1.58. The van der Waals surface area contributed by atoms with Crippen molar-refractivity contribution in [2.24, 2.45) is 11.8 Å². The number of thiazole rings is 1. The maximum absolute atomic E-state index is 13.9. The molecule has 252 valence electrons. The molecule has 2 heterocycles. The molecule has 1 amide bonds. The molecule has 10 nitrogen and oxygen atoms in total. The van der Waals surface area contributed by atoms with Crippen molar-refractivity contribution < 1.29 is 28.9 Å². The van der Waals surface area contributed by atoms with Crippen LogP contribution in [0.1, 0.15) is 76.3 Å². The smallest absolute Gasteiger partial charge is 0.331 e. The molecule has 0 aliphatic heterocycles. The summed E-state index contributed by atoms with van der Waals surface area (Å²) in [6, 6.07) is 7.81. The highest BCUT2D eigenvalue weighted by Crippen LogP contribution is 2.44. The molecule has 0 radical (unpaired) electrons. The number of carbonyl (C=O) groups excluding carboxylic acids is 2. The average molecular weight is 663 g/mol. The number of carbonyl (C=O) groups is 2. The van der Waals surface area contributed by atoms with Gasteiger partial charge in [0.05, 0.1) is 19.4 Å². The molecule has 6 rings (SSSR count). The topological polar surface area (TPSA) is 123 Å². The average Bonchev–Trinajstić information content (AvgIpc) is 3.98. The van der Waals surface area contributed by atoms with Crippen molar-refractivity contribution in [2.75, 3.05) is 27.3 Å². The van der Waals surface area contributed by atoms with Gasteiger partial charge >= 0.3 is 5.97 Å². The van der Waals surface area contributed by atoms with E-state index in [1.165, 1.54) is 12.8 Å². The van der Waals surface area contributed by atoms with E-state index in [2.05, 4.69) is 17.3 Å². The molecule has 3 aliphatic rings. The molecular formula is C36H46N4O6S. The zero-order valence-electron chi connectivity index (χ0n) is 27.6. The van der Waals surface area contributed by atoms with Gasteiger partial charge in [-0.15, -0.1) is 17.9 Å². The van der Waals surface area contributed by atoms with E-state index in [9.17, 15) is 14.7 Å². The van der Waals surface area contributed by atoms with Crippen LogP contribution in [0.2, 0.25) is 0 Å².